The van der Waals surface area contributed by atoms with Crippen molar-refractivity contribution in [3.05, 3.63) is 53.8 Å². The highest BCUT2D eigenvalue weighted by Crippen LogP contribution is 2.18. The SMILES string of the molecule is CCc1ccc(OC2=CCC=C2)cc1. The zero-order valence-electron chi connectivity index (χ0n) is 8.36. The highest BCUT2D eigenvalue weighted by atomic mass is 16.5. The predicted octanol–water partition coefficient (Wildman–Crippen LogP) is 3.47. The number of rotatable bonds is 3. The molecule has 0 radical (unpaired) electrons. The molecule has 0 aliphatic heterocycles. The second-order valence-corrected chi connectivity index (χ2v) is 3.34. The maximum atomic E-state index is 5.65. The van der Waals surface area contributed by atoms with E-state index in [1.165, 1.54) is 5.56 Å². The molecule has 0 saturated carbocycles. The maximum absolute atomic E-state index is 5.65. The molecule has 0 heterocycles. The van der Waals surface area contributed by atoms with E-state index in [0.29, 0.717) is 0 Å². The summed E-state index contributed by atoms with van der Waals surface area (Å²) in [6.07, 6.45) is 8.24. The molecule has 1 heteroatoms. The number of ether oxygens (including phenoxy) is 1. The van der Waals surface area contributed by atoms with Crippen LogP contribution in [-0.2, 0) is 6.42 Å². The van der Waals surface area contributed by atoms with Gasteiger partial charge < -0.3 is 4.74 Å². The summed E-state index contributed by atoms with van der Waals surface area (Å²) < 4.78 is 5.65. The number of hydrogen-bond acceptors (Lipinski definition) is 1. The van der Waals surface area contributed by atoms with Crippen LogP contribution >= 0.6 is 0 Å². The van der Waals surface area contributed by atoms with Crippen LogP contribution < -0.4 is 4.74 Å². The van der Waals surface area contributed by atoms with Gasteiger partial charge in [0.2, 0.25) is 0 Å². The zero-order valence-corrected chi connectivity index (χ0v) is 8.36. The minimum absolute atomic E-state index is 0.917. The summed E-state index contributed by atoms with van der Waals surface area (Å²) in [6.45, 7) is 2.15. The Labute approximate surface area is 84.7 Å². The Balaban J connectivity index is 2.06. The lowest BCUT2D eigenvalue weighted by Gasteiger charge is -2.05. The van der Waals surface area contributed by atoms with Crippen molar-refractivity contribution in [2.45, 2.75) is 19.8 Å². The Hall–Kier alpha value is -1.50. The topological polar surface area (TPSA) is 9.23 Å². The van der Waals surface area contributed by atoms with Gasteiger partial charge in [-0.05, 0) is 42.7 Å². The van der Waals surface area contributed by atoms with Gasteiger partial charge in [0.25, 0.3) is 0 Å². The first-order chi connectivity index (χ1) is 6.88. The van der Waals surface area contributed by atoms with Gasteiger partial charge in [-0.3, -0.25) is 0 Å². The van der Waals surface area contributed by atoms with Crippen LogP contribution in [0.15, 0.2) is 48.3 Å². The van der Waals surface area contributed by atoms with Gasteiger partial charge in [-0.2, -0.15) is 0 Å². The van der Waals surface area contributed by atoms with Crippen LogP contribution in [0.3, 0.4) is 0 Å². The number of aryl methyl sites for hydroxylation is 1. The molecular formula is C13H14O. The van der Waals surface area contributed by atoms with Crippen molar-refractivity contribution in [2.75, 3.05) is 0 Å². The molecule has 1 aliphatic carbocycles. The van der Waals surface area contributed by atoms with Crippen molar-refractivity contribution in [3.63, 3.8) is 0 Å². The summed E-state index contributed by atoms with van der Waals surface area (Å²) in [6, 6.07) is 8.25. The Morgan fingerprint density at radius 1 is 1.21 bits per heavy atom. The van der Waals surface area contributed by atoms with Gasteiger partial charge in [0.1, 0.15) is 11.5 Å². The van der Waals surface area contributed by atoms with Crippen LogP contribution in [0.2, 0.25) is 0 Å². The van der Waals surface area contributed by atoms with E-state index in [1.54, 1.807) is 0 Å². The third-order valence-corrected chi connectivity index (χ3v) is 2.30. The first-order valence-electron chi connectivity index (χ1n) is 5.02. The molecule has 1 nitrogen and oxygen atoms in total. The van der Waals surface area contributed by atoms with Crippen molar-refractivity contribution in [2.24, 2.45) is 0 Å². The van der Waals surface area contributed by atoms with Gasteiger partial charge in [0, 0.05) is 0 Å². The third-order valence-electron chi connectivity index (χ3n) is 2.30. The molecule has 0 saturated heterocycles. The van der Waals surface area contributed by atoms with Crippen molar-refractivity contribution in [1.29, 1.82) is 0 Å². The lowest BCUT2D eigenvalue weighted by Crippen LogP contribution is -1.90. The smallest absolute Gasteiger partial charge is 0.127 e. The molecule has 0 N–H and O–H groups in total. The fourth-order valence-corrected chi connectivity index (χ4v) is 1.44. The first-order valence-corrected chi connectivity index (χ1v) is 5.02. The molecule has 0 spiro atoms. The summed E-state index contributed by atoms with van der Waals surface area (Å²) in [5, 5.41) is 0. The summed E-state index contributed by atoms with van der Waals surface area (Å²) in [7, 11) is 0. The number of allylic oxidation sites excluding steroid dienone is 3. The van der Waals surface area contributed by atoms with Crippen molar-refractivity contribution in [3.8, 4) is 5.75 Å². The van der Waals surface area contributed by atoms with Crippen LogP contribution in [0.4, 0.5) is 0 Å². The van der Waals surface area contributed by atoms with Gasteiger partial charge in [-0.15, -0.1) is 0 Å². The molecule has 0 bridgehead atoms. The van der Waals surface area contributed by atoms with E-state index in [2.05, 4.69) is 31.2 Å². The minimum Gasteiger partial charge on any atom is -0.458 e. The van der Waals surface area contributed by atoms with Crippen LogP contribution in [0.5, 0.6) is 5.75 Å². The van der Waals surface area contributed by atoms with E-state index < -0.39 is 0 Å². The lowest BCUT2D eigenvalue weighted by molar-refractivity contribution is 0.445. The van der Waals surface area contributed by atoms with E-state index in [-0.39, 0.29) is 0 Å². The molecule has 0 unspecified atom stereocenters. The second kappa shape index (κ2) is 4.14. The summed E-state index contributed by atoms with van der Waals surface area (Å²) in [5.74, 6) is 1.87. The number of hydrogen-bond donors (Lipinski definition) is 0. The molecule has 0 amide bonds. The van der Waals surface area contributed by atoms with Crippen molar-refractivity contribution < 1.29 is 4.74 Å². The summed E-state index contributed by atoms with van der Waals surface area (Å²) in [4.78, 5) is 0. The average molecular weight is 186 g/mol. The van der Waals surface area contributed by atoms with E-state index in [4.69, 9.17) is 4.74 Å². The molecule has 2 rings (SSSR count). The average Bonchev–Trinajstić information content (AvgIpc) is 2.72. The quantitative estimate of drug-likeness (QED) is 0.702. The van der Waals surface area contributed by atoms with Gasteiger partial charge >= 0.3 is 0 Å². The largest absolute Gasteiger partial charge is 0.458 e. The molecule has 0 fully saturated rings. The zero-order chi connectivity index (χ0) is 9.80. The predicted molar refractivity (Wildman–Crippen MR) is 58.3 cm³/mol. The maximum Gasteiger partial charge on any atom is 0.127 e. The molecule has 0 aromatic heterocycles. The van der Waals surface area contributed by atoms with Crippen LogP contribution in [-0.4, -0.2) is 0 Å². The molecule has 14 heavy (non-hydrogen) atoms. The molecule has 1 aromatic rings. The van der Waals surface area contributed by atoms with Crippen molar-refractivity contribution >= 4 is 0 Å². The fourth-order valence-electron chi connectivity index (χ4n) is 1.44. The van der Waals surface area contributed by atoms with E-state index in [9.17, 15) is 0 Å². The van der Waals surface area contributed by atoms with E-state index in [0.717, 1.165) is 24.4 Å². The molecule has 72 valence electrons. The fraction of sp³-hybridized carbons (Fsp3) is 0.231. The van der Waals surface area contributed by atoms with Crippen molar-refractivity contribution in [1.82, 2.24) is 0 Å². The van der Waals surface area contributed by atoms with E-state index >= 15 is 0 Å². The second-order valence-electron chi connectivity index (χ2n) is 3.34. The minimum atomic E-state index is 0.917. The highest BCUT2D eigenvalue weighted by Gasteiger charge is 2.00. The highest BCUT2D eigenvalue weighted by molar-refractivity contribution is 5.31. The Morgan fingerprint density at radius 3 is 2.57 bits per heavy atom. The lowest BCUT2D eigenvalue weighted by atomic mass is 10.2. The molecule has 0 atom stereocenters. The van der Waals surface area contributed by atoms with E-state index in [1.807, 2.05) is 18.2 Å². The first kappa shape index (κ1) is 9.07. The molecular weight excluding hydrogens is 172 g/mol. The standard InChI is InChI=1S/C13H14O/c1-2-11-7-9-13(10-8-11)14-12-5-3-4-6-12/h3,5-10H,2,4H2,1H3. The third kappa shape index (κ3) is 2.05. The van der Waals surface area contributed by atoms with Crippen LogP contribution in [0, 0.1) is 0 Å². The van der Waals surface area contributed by atoms with Gasteiger partial charge in [-0.25, -0.2) is 0 Å². The van der Waals surface area contributed by atoms with Crippen LogP contribution in [0.1, 0.15) is 18.9 Å². The number of benzene rings is 1. The summed E-state index contributed by atoms with van der Waals surface area (Å²) in [5.41, 5.74) is 1.34. The van der Waals surface area contributed by atoms with Crippen LogP contribution in [0.25, 0.3) is 0 Å². The Kier molecular flexibility index (Phi) is 2.68. The van der Waals surface area contributed by atoms with Gasteiger partial charge in [0.05, 0.1) is 0 Å². The normalized spacial score (nSPS) is 14.2. The molecule has 1 aromatic carbocycles. The summed E-state index contributed by atoms with van der Waals surface area (Å²) >= 11 is 0. The molecule has 1 aliphatic rings. The Morgan fingerprint density at radius 2 is 2.00 bits per heavy atom. The van der Waals surface area contributed by atoms with Gasteiger partial charge in [-0.1, -0.05) is 25.1 Å². The van der Waals surface area contributed by atoms with Gasteiger partial charge in [0.15, 0.2) is 0 Å². The Bertz CT molecular complexity index is 357. The monoisotopic (exact) mass is 186 g/mol.